The maximum atomic E-state index is 13.0. The first-order chi connectivity index (χ1) is 9.65. The van der Waals surface area contributed by atoms with E-state index in [2.05, 4.69) is 30.9 Å². The zero-order chi connectivity index (χ0) is 14.1. The van der Waals surface area contributed by atoms with E-state index < -0.39 is 0 Å². The van der Waals surface area contributed by atoms with E-state index in [1.54, 1.807) is 18.3 Å². The number of benzene rings is 1. The molecule has 0 saturated heterocycles. The van der Waals surface area contributed by atoms with Crippen LogP contribution in [0.25, 0.3) is 22.6 Å². The summed E-state index contributed by atoms with van der Waals surface area (Å²) in [4.78, 5) is 11.5. The molecule has 3 rings (SSSR count). The van der Waals surface area contributed by atoms with E-state index in [-0.39, 0.29) is 11.1 Å². The van der Waals surface area contributed by atoms with Crippen LogP contribution in [0.3, 0.4) is 0 Å². The Morgan fingerprint density at radius 3 is 2.40 bits per heavy atom. The predicted octanol–water partition coefficient (Wildman–Crippen LogP) is 4.69. The highest BCUT2D eigenvalue weighted by molar-refractivity contribution is 9.10. The molecule has 100 valence electrons. The molecule has 0 unspecified atom stereocenters. The number of halogens is 3. The molecular weight excluding hydrogens is 345 g/mol. The van der Waals surface area contributed by atoms with Crippen LogP contribution in [0.4, 0.5) is 4.39 Å². The highest BCUT2D eigenvalue weighted by Crippen LogP contribution is 2.34. The molecule has 0 radical (unpaired) electrons. The van der Waals surface area contributed by atoms with Gasteiger partial charge in [-0.3, -0.25) is 0 Å². The van der Waals surface area contributed by atoms with Gasteiger partial charge in [-0.05, 0) is 63.9 Å². The fourth-order valence-electron chi connectivity index (χ4n) is 1.87. The van der Waals surface area contributed by atoms with Crippen molar-refractivity contribution in [2.24, 2.45) is 0 Å². The minimum atomic E-state index is -0.297. The Kier molecular flexibility index (Phi) is 3.54. The topological polar surface area (TPSA) is 41.6 Å². The zero-order valence-electron chi connectivity index (χ0n) is 10.1. The van der Waals surface area contributed by atoms with Crippen molar-refractivity contribution >= 4 is 27.5 Å². The lowest BCUT2D eigenvalue weighted by atomic mass is 10.1. The van der Waals surface area contributed by atoms with Crippen LogP contribution in [0, 0.1) is 5.82 Å². The summed E-state index contributed by atoms with van der Waals surface area (Å²) in [5.74, 6) is -0.297. The molecule has 0 aliphatic carbocycles. The lowest BCUT2D eigenvalue weighted by Gasteiger charge is -2.08. The van der Waals surface area contributed by atoms with Gasteiger partial charge < -0.3 is 4.98 Å². The molecule has 0 amide bonds. The van der Waals surface area contributed by atoms with Crippen molar-refractivity contribution in [1.82, 2.24) is 15.0 Å². The van der Waals surface area contributed by atoms with Crippen LogP contribution in [0.2, 0.25) is 5.28 Å². The van der Waals surface area contributed by atoms with Gasteiger partial charge in [-0.2, -0.15) is 0 Å². The van der Waals surface area contributed by atoms with E-state index >= 15 is 0 Å². The number of nitrogens with zero attached hydrogens (tertiary/aromatic N) is 2. The molecule has 3 nitrogen and oxygen atoms in total. The van der Waals surface area contributed by atoms with Gasteiger partial charge in [0.15, 0.2) is 0 Å². The lowest BCUT2D eigenvalue weighted by molar-refractivity contribution is 0.628. The van der Waals surface area contributed by atoms with E-state index in [9.17, 15) is 4.39 Å². The number of rotatable bonds is 2. The Morgan fingerprint density at radius 1 is 1.05 bits per heavy atom. The average molecular weight is 353 g/mol. The van der Waals surface area contributed by atoms with E-state index in [4.69, 9.17) is 11.6 Å². The van der Waals surface area contributed by atoms with Gasteiger partial charge in [0, 0.05) is 11.8 Å². The van der Waals surface area contributed by atoms with Gasteiger partial charge in [-0.15, -0.1) is 0 Å². The van der Waals surface area contributed by atoms with Crippen molar-refractivity contribution in [3.8, 4) is 22.6 Å². The Bertz CT molecular complexity index is 742. The second-order valence-corrected chi connectivity index (χ2v) is 5.23. The molecule has 0 bridgehead atoms. The monoisotopic (exact) mass is 351 g/mol. The number of hydrogen-bond acceptors (Lipinski definition) is 2. The smallest absolute Gasteiger partial charge is 0.223 e. The third-order valence-electron chi connectivity index (χ3n) is 2.79. The Balaban J connectivity index is 2.19. The Labute approximate surface area is 128 Å². The van der Waals surface area contributed by atoms with Gasteiger partial charge in [-0.25, -0.2) is 14.4 Å². The van der Waals surface area contributed by atoms with Crippen LogP contribution in [-0.4, -0.2) is 15.0 Å². The Morgan fingerprint density at radius 2 is 1.75 bits per heavy atom. The van der Waals surface area contributed by atoms with Crippen molar-refractivity contribution in [3.05, 3.63) is 58.2 Å². The van der Waals surface area contributed by atoms with Crippen LogP contribution in [0.15, 0.2) is 47.1 Å². The first-order valence-corrected chi connectivity index (χ1v) is 6.95. The summed E-state index contributed by atoms with van der Waals surface area (Å²) in [5.41, 5.74) is 2.86. The first-order valence-electron chi connectivity index (χ1n) is 5.78. The quantitative estimate of drug-likeness (QED) is 0.680. The standard InChI is InChI=1S/C14H8BrClFN3/c15-11-12(8-3-5-9(17)6-4-8)19-14(16)20-13(11)10-2-1-7-18-10/h1-7,18H. The van der Waals surface area contributed by atoms with Crippen molar-refractivity contribution < 1.29 is 4.39 Å². The minimum Gasteiger partial charge on any atom is -0.360 e. The molecule has 3 aromatic rings. The van der Waals surface area contributed by atoms with Crippen molar-refractivity contribution in [1.29, 1.82) is 0 Å². The molecule has 0 aliphatic rings. The highest BCUT2D eigenvalue weighted by Gasteiger charge is 2.15. The molecule has 0 spiro atoms. The fourth-order valence-corrected chi connectivity index (χ4v) is 2.66. The number of aromatic nitrogens is 3. The van der Waals surface area contributed by atoms with Crippen molar-refractivity contribution in [2.75, 3.05) is 0 Å². The Hall–Kier alpha value is -1.72. The van der Waals surface area contributed by atoms with Crippen molar-refractivity contribution in [2.45, 2.75) is 0 Å². The lowest BCUT2D eigenvalue weighted by Crippen LogP contribution is -1.95. The maximum absolute atomic E-state index is 13.0. The summed E-state index contributed by atoms with van der Waals surface area (Å²) < 4.78 is 13.7. The molecule has 1 N–H and O–H groups in total. The third kappa shape index (κ3) is 2.46. The normalized spacial score (nSPS) is 10.8. The van der Waals surface area contributed by atoms with E-state index in [1.807, 2.05) is 12.1 Å². The molecule has 2 heterocycles. The molecule has 6 heteroatoms. The summed E-state index contributed by atoms with van der Waals surface area (Å²) in [5, 5.41) is 0.136. The van der Waals surface area contributed by atoms with Gasteiger partial charge >= 0.3 is 0 Å². The summed E-state index contributed by atoms with van der Waals surface area (Å²) >= 11 is 9.48. The largest absolute Gasteiger partial charge is 0.360 e. The van der Waals surface area contributed by atoms with E-state index in [0.717, 1.165) is 11.3 Å². The number of H-pyrrole nitrogens is 1. The number of hydrogen-bond donors (Lipinski definition) is 1. The van der Waals surface area contributed by atoms with Crippen LogP contribution < -0.4 is 0 Å². The van der Waals surface area contributed by atoms with Crippen LogP contribution in [0.5, 0.6) is 0 Å². The first kappa shape index (κ1) is 13.3. The predicted molar refractivity (Wildman–Crippen MR) is 79.9 cm³/mol. The van der Waals surface area contributed by atoms with Crippen LogP contribution >= 0.6 is 27.5 Å². The molecular formula is C14H8BrClFN3. The molecule has 0 saturated carbocycles. The summed E-state index contributed by atoms with van der Waals surface area (Å²) in [6.07, 6.45) is 1.80. The van der Waals surface area contributed by atoms with Gasteiger partial charge in [0.25, 0.3) is 0 Å². The van der Waals surface area contributed by atoms with E-state index in [0.29, 0.717) is 15.9 Å². The maximum Gasteiger partial charge on any atom is 0.223 e. The van der Waals surface area contributed by atoms with Crippen LogP contribution in [0.1, 0.15) is 0 Å². The molecule has 1 aromatic carbocycles. The zero-order valence-corrected chi connectivity index (χ0v) is 12.4. The second-order valence-electron chi connectivity index (χ2n) is 4.09. The minimum absolute atomic E-state index is 0.136. The third-order valence-corrected chi connectivity index (χ3v) is 3.71. The average Bonchev–Trinajstić information content (AvgIpc) is 2.96. The summed E-state index contributed by atoms with van der Waals surface area (Å²) in [7, 11) is 0. The van der Waals surface area contributed by atoms with Gasteiger partial charge in [0.05, 0.1) is 15.9 Å². The summed E-state index contributed by atoms with van der Waals surface area (Å²) in [6.45, 7) is 0. The molecule has 0 fully saturated rings. The van der Waals surface area contributed by atoms with Gasteiger partial charge in [0.2, 0.25) is 5.28 Å². The fraction of sp³-hybridized carbons (Fsp3) is 0. The van der Waals surface area contributed by atoms with E-state index in [1.165, 1.54) is 12.1 Å². The SMILES string of the molecule is Fc1ccc(-c2nc(Cl)nc(-c3ccc[nH]3)c2Br)cc1. The second kappa shape index (κ2) is 5.34. The highest BCUT2D eigenvalue weighted by atomic mass is 79.9. The number of aromatic amines is 1. The van der Waals surface area contributed by atoms with Gasteiger partial charge in [0.1, 0.15) is 11.5 Å². The van der Waals surface area contributed by atoms with Crippen LogP contribution in [-0.2, 0) is 0 Å². The molecule has 0 atom stereocenters. The van der Waals surface area contributed by atoms with Gasteiger partial charge in [-0.1, -0.05) is 0 Å². The van der Waals surface area contributed by atoms with Crippen molar-refractivity contribution in [3.63, 3.8) is 0 Å². The molecule has 20 heavy (non-hydrogen) atoms. The molecule has 0 aliphatic heterocycles. The molecule has 2 aromatic heterocycles. The summed E-state index contributed by atoms with van der Waals surface area (Å²) in [6, 6.07) is 9.82. The number of nitrogens with one attached hydrogen (secondary N) is 1.